The van der Waals surface area contributed by atoms with Crippen molar-refractivity contribution in [1.82, 2.24) is 15.5 Å². The van der Waals surface area contributed by atoms with Crippen LogP contribution in [0.5, 0.6) is 0 Å². The van der Waals surface area contributed by atoms with Gasteiger partial charge in [-0.15, -0.1) is 10.2 Å². The van der Waals surface area contributed by atoms with Crippen LogP contribution in [0.25, 0.3) is 11.5 Å². The first-order valence-electron chi connectivity index (χ1n) is 7.58. The summed E-state index contributed by atoms with van der Waals surface area (Å²) in [7, 11) is 0. The SMILES string of the molecule is CCCCCCNC(=O)CSc1nnc(-c2ccccc2)o1. The fourth-order valence-electron chi connectivity index (χ4n) is 1.92. The van der Waals surface area contributed by atoms with Crippen molar-refractivity contribution in [1.29, 1.82) is 0 Å². The highest BCUT2D eigenvalue weighted by Crippen LogP contribution is 2.22. The average Bonchev–Trinajstić information content (AvgIpc) is 3.02. The van der Waals surface area contributed by atoms with E-state index in [-0.39, 0.29) is 5.91 Å². The Morgan fingerprint density at radius 3 is 2.77 bits per heavy atom. The smallest absolute Gasteiger partial charge is 0.277 e. The Morgan fingerprint density at radius 2 is 2.00 bits per heavy atom. The number of amides is 1. The maximum Gasteiger partial charge on any atom is 0.277 e. The average molecular weight is 319 g/mol. The summed E-state index contributed by atoms with van der Waals surface area (Å²) in [6, 6.07) is 9.58. The quantitative estimate of drug-likeness (QED) is 0.566. The number of unbranched alkanes of at least 4 members (excludes halogenated alkanes) is 3. The summed E-state index contributed by atoms with van der Waals surface area (Å²) in [5, 5.41) is 11.3. The Kier molecular flexibility index (Phi) is 6.96. The first kappa shape index (κ1) is 16.5. The summed E-state index contributed by atoms with van der Waals surface area (Å²) in [4.78, 5) is 11.7. The highest BCUT2D eigenvalue weighted by Gasteiger charge is 2.10. The topological polar surface area (TPSA) is 68.0 Å². The second-order valence-electron chi connectivity index (χ2n) is 4.94. The minimum absolute atomic E-state index is 0.000889. The van der Waals surface area contributed by atoms with Crippen molar-refractivity contribution in [2.24, 2.45) is 0 Å². The summed E-state index contributed by atoms with van der Waals surface area (Å²) >= 11 is 1.26. The minimum Gasteiger partial charge on any atom is -0.411 e. The second kappa shape index (κ2) is 9.25. The van der Waals surface area contributed by atoms with Crippen LogP contribution in [0.15, 0.2) is 40.0 Å². The van der Waals surface area contributed by atoms with E-state index in [1.54, 1.807) is 0 Å². The molecule has 0 atom stereocenters. The van der Waals surface area contributed by atoms with Gasteiger partial charge in [-0.3, -0.25) is 4.79 Å². The van der Waals surface area contributed by atoms with E-state index in [0.717, 1.165) is 24.9 Å². The van der Waals surface area contributed by atoms with Crippen LogP contribution in [0.3, 0.4) is 0 Å². The summed E-state index contributed by atoms with van der Waals surface area (Å²) in [6.45, 7) is 2.90. The summed E-state index contributed by atoms with van der Waals surface area (Å²) in [5.41, 5.74) is 0.877. The van der Waals surface area contributed by atoms with Gasteiger partial charge in [-0.1, -0.05) is 56.1 Å². The molecule has 22 heavy (non-hydrogen) atoms. The van der Waals surface area contributed by atoms with Gasteiger partial charge in [0.2, 0.25) is 11.8 Å². The van der Waals surface area contributed by atoms with E-state index in [1.165, 1.54) is 24.6 Å². The molecule has 0 saturated heterocycles. The Hall–Kier alpha value is -1.82. The van der Waals surface area contributed by atoms with Gasteiger partial charge in [-0.25, -0.2) is 0 Å². The molecule has 0 aliphatic carbocycles. The third-order valence-electron chi connectivity index (χ3n) is 3.11. The van der Waals surface area contributed by atoms with E-state index in [0.29, 0.717) is 16.9 Å². The van der Waals surface area contributed by atoms with E-state index in [4.69, 9.17) is 4.42 Å². The number of hydrogen-bond donors (Lipinski definition) is 1. The number of rotatable bonds is 9. The molecule has 0 unspecified atom stereocenters. The molecule has 118 valence electrons. The van der Waals surface area contributed by atoms with E-state index >= 15 is 0 Å². The number of nitrogens with zero attached hydrogens (tertiary/aromatic N) is 2. The zero-order valence-corrected chi connectivity index (χ0v) is 13.6. The first-order valence-corrected chi connectivity index (χ1v) is 8.56. The molecule has 5 nitrogen and oxygen atoms in total. The third-order valence-corrected chi connectivity index (χ3v) is 3.92. The van der Waals surface area contributed by atoms with Gasteiger partial charge in [-0.2, -0.15) is 0 Å². The van der Waals surface area contributed by atoms with Crippen LogP contribution in [0, 0.1) is 0 Å². The zero-order chi connectivity index (χ0) is 15.6. The van der Waals surface area contributed by atoms with Gasteiger partial charge in [-0.05, 0) is 18.6 Å². The highest BCUT2D eigenvalue weighted by atomic mass is 32.2. The van der Waals surface area contributed by atoms with Gasteiger partial charge in [0.15, 0.2) is 0 Å². The molecule has 1 amide bonds. The molecule has 1 aromatic heterocycles. The number of carbonyl (C=O) groups is 1. The predicted octanol–water partition coefficient (Wildman–Crippen LogP) is 3.53. The summed E-state index contributed by atoms with van der Waals surface area (Å²) in [5.74, 6) is 0.772. The van der Waals surface area contributed by atoms with E-state index in [1.807, 2.05) is 30.3 Å². The lowest BCUT2D eigenvalue weighted by molar-refractivity contribution is -0.118. The second-order valence-corrected chi connectivity index (χ2v) is 5.87. The fraction of sp³-hybridized carbons (Fsp3) is 0.438. The molecule has 1 N–H and O–H groups in total. The van der Waals surface area contributed by atoms with Crippen LogP contribution < -0.4 is 5.32 Å². The van der Waals surface area contributed by atoms with Gasteiger partial charge in [0, 0.05) is 12.1 Å². The molecule has 6 heteroatoms. The van der Waals surface area contributed by atoms with Crippen LogP contribution in [0.4, 0.5) is 0 Å². The van der Waals surface area contributed by atoms with Crippen LogP contribution in [0.2, 0.25) is 0 Å². The molecule has 2 aromatic rings. The Morgan fingerprint density at radius 1 is 1.18 bits per heavy atom. The number of carbonyl (C=O) groups excluding carboxylic acids is 1. The summed E-state index contributed by atoms with van der Waals surface area (Å²) < 4.78 is 5.54. The van der Waals surface area contributed by atoms with Gasteiger partial charge < -0.3 is 9.73 Å². The molecular weight excluding hydrogens is 298 g/mol. The van der Waals surface area contributed by atoms with Crippen molar-refractivity contribution in [2.75, 3.05) is 12.3 Å². The Labute approximate surface area is 134 Å². The molecule has 0 aliphatic rings. The van der Waals surface area contributed by atoms with Gasteiger partial charge in [0.1, 0.15) is 0 Å². The molecule has 0 fully saturated rings. The van der Waals surface area contributed by atoms with Crippen LogP contribution >= 0.6 is 11.8 Å². The predicted molar refractivity (Wildman–Crippen MR) is 87.6 cm³/mol. The largest absolute Gasteiger partial charge is 0.411 e. The third kappa shape index (κ3) is 5.52. The lowest BCUT2D eigenvalue weighted by Crippen LogP contribution is -2.26. The van der Waals surface area contributed by atoms with Crippen molar-refractivity contribution >= 4 is 17.7 Å². The fourth-order valence-corrected chi connectivity index (χ4v) is 2.52. The number of aromatic nitrogens is 2. The maximum atomic E-state index is 11.7. The number of nitrogens with one attached hydrogen (secondary N) is 1. The van der Waals surface area contributed by atoms with Crippen molar-refractivity contribution < 1.29 is 9.21 Å². The van der Waals surface area contributed by atoms with Crippen LogP contribution in [-0.4, -0.2) is 28.4 Å². The van der Waals surface area contributed by atoms with Gasteiger partial charge in [0.25, 0.3) is 5.22 Å². The number of hydrogen-bond acceptors (Lipinski definition) is 5. The maximum absolute atomic E-state index is 11.7. The van der Waals surface area contributed by atoms with Crippen molar-refractivity contribution in [3.63, 3.8) is 0 Å². The monoisotopic (exact) mass is 319 g/mol. The van der Waals surface area contributed by atoms with Gasteiger partial charge in [0.05, 0.1) is 5.75 Å². The van der Waals surface area contributed by atoms with E-state index in [2.05, 4.69) is 22.4 Å². The zero-order valence-electron chi connectivity index (χ0n) is 12.7. The first-order chi connectivity index (χ1) is 10.8. The molecule has 2 rings (SSSR count). The molecule has 0 aliphatic heterocycles. The van der Waals surface area contributed by atoms with Gasteiger partial charge >= 0.3 is 0 Å². The standard InChI is InChI=1S/C16H21N3O2S/c1-2-3-4-8-11-17-14(20)12-22-16-19-18-15(21-16)13-9-6-5-7-10-13/h5-7,9-10H,2-4,8,11-12H2,1H3,(H,17,20). The van der Waals surface area contributed by atoms with Crippen molar-refractivity contribution in [2.45, 2.75) is 37.8 Å². The lowest BCUT2D eigenvalue weighted by Gasteiger charge is -2.03. The van der Waals surface area contributed by atoms with Crippen molar-refractivity contribution in [3.05, 3.63) is 30.3 Å². The number of thioether (sulfide) groups is 1. The minimum atomic E-state index is 0.000889. The van der Waals surface area contributed by atoms with E-state index < -0.39 is 0 Å². The molecule has 0 bridgehead atoms. The molecular formula is C16H21N3O2S. The lowest BCUT2D eigenvalue weighted by atomic mass is 10.2. The molecule has 1 heterocycles. The normalized spacial score (nSPS) is 10.6. The Bertz CT molecular complexity index is 572. The molecule has 0 saturated carbocycles. The van der Waals surface area contributed by atoms with Crippen LogP contribution in [0.1, 0.15) is 32.6 Å². The van der Waals surface area contributed by atoms with E-state index in [9.17, 15) is 4.79 Å². The van der Waals surface area contributed by atoms with Crippen molar-refractivity contribution in [3.8, 4) is 11.5 Å². The Balaban J connectivity index is 1.71. The van der Waals surface area contributed by atoms with Crippen LogP contribution in [-0.2, 0) is 4.79 Å². The summed E-state index contributed by atoms with van der Waals surface area (Å²) in [6.07, 6.45) is 4.61. The highest BCUT2D eigenvalue weighted by molar-refractivity contribution is 7.99. The molecule has 1 aromatic carbocycles. The molecule has 0 radical (unpaired) electrons. The molecule has 0 spiro atoms. The number of benzene rings is 1.